The summed E-state index contributed by atoms with van der Waals surface area (Å²) in [6.45, 7) is 2.80. The molecule has 0 aliphatic heterocycles. The molecule has 3 aromatic heterocycles. The molecule has 0 aliphatic carbocycles. The molecule has 0 spiro atoms. The van der Waals surface area contributed by atoms with Crippen molar-refractivity contribution in [1.82, 2.24) is 19.3 Å². The number of carbonyl (C=O) groups is 1. The van der Waals surface area contributed by atoms with Crippen molar-refractivity contribution < 1.29 is 4.79 Å². The van der Waals surface area contributed by atoms with Crippen LogP contribution in [0, 0.1) is 0 Å². The molecule has 6 heteroatoms. The molecule has 102 valence electrons. The zero-order chi connectivity index (χ0) is 14.3. The van der Waals surface area contributed by atoms with Crippen LogP contribution in [0.15, 0.2) is 35.3 Å². The van der Waals surface area contributed by atoms with Crippen LogP contribution in [0.1, 0.15) is 22.8 Å². The molecule has 0 radical (unpaired) electrons. The predicted octanol–water partition coefficient (Wildman–Crippen LogP) is 2.78. The molecular formula is C14H13BrN4O. The number of hydrogen-bond donors (Lipinski definition) is 0. The molecule has 0 aromatic carbocycles. The topological polar surface area (TPSA) is 52.7 Å². The lowest BCUT2D eigenvalue weighted by Crippen LogP contribution is -2.00. The van der Waals surface area contributed by atoms with Gasteiger partial charge in [-0.05, 0) is 35.0 Å². The van der Waals surface area contributed by atoms with E-state index in [9.17, 15) is 4.79 Å². The lowest BCUT2D eigenvalue weighted by molar-refractivity contribution is 0.103. The van der Waals surface area contributed by atoms with Crippen LogP contribution in [0.25, 0.3) is 11.0 Å². The van der Waals surface area contributed by atoms with Crippen molar-refractivity contribution in [2.45, 2.75) is 13.5 Å². The van der Waals surface area contributed by atoms with Gasteiger partial charge in [0.2, 0.25) is 0 Å². The van der Waals surface area contributed by atoms with E-state index in [1.807, 2.05) is 29.8 Å². The summed E-state index contributed by atoms with van der Waals surface area (Å²) in [7, 11) is 1.79. The third-order valence-electron chi connectivity index (χ3n) is 3.25. The van der Waals surface area contributed by atoms with Crippen molar-refractivity contribution in [1.29, 1.82) is 0 Å². The van der Waals surface area contributed by atoms with Gasteiger partial charge in [0.1, 0.15) is 10.3 Å². The number of aryl methyl sites for hydroxylation is 2. The van der Waals surface area contributed by atoms with Gasteiger partial charge in [-0.2, -0.15) is 5.10 Å². The third-order valence-corrected chi connectivity index (χ3v) is 3.83. The molecule has 3 aromatic rings. The van der Waals surface area contributed by atoms with Crippen LogP contribution >= 0.6 is 15.9 Å². The SMILES string of the molecule is CCn1cc(C(=O)c2cn(C)nc2Br)c2cccnc21. The van der Waals surface area contributed by atoms with Crippen LogP contribution in [0.4, 0.5) is 0 Å². The number of halogens is 1. The zero-order valence-electron chi connectivity index (χ0n) is 11.2. The second kappa shape index (κ2) is 4.86. The van der Waals surface area contributed by atoms with Gasteiger partial charge in [0.25, 0.3) is 0 Å². The van der Waals surface area contributed by atoms with Crippen molar-refractivity contribution in [3.05, 3.63) is 46.5 Å². The van der Waals surface area contributed by atoms with Crippen molar-refractivity contribution in [3.8, 4) is 0 Å². The number of rotatable bonds is 3. The number of pyridine rings is 1. The van der Waals surface area contributed by atoms with Crippen LogP contribution in [-0.4, -0.2) is 25.1 Å². The zero-order valence-corrected chi connectivity index (χ0v) is 12.8. The average Bonchev–Trinajstić information content (AvgIpc) is 2.98. The molecule has 0 fully saturated rings. The van der Waals surface area contributed by atoms with Crippen molar-refractivity contribution >= 4 is 32.7 Å². The average molecular weight is 333 g/mol. The molecule has 0 amide bonds. The molecule has 0 unspecified atom stereocenters. The van der Waals surface area contributed by atoms with E-state index >= 15 is 0 Å². The van der Waals surface area contributed by atoms with E-state index in [0.717, 1.165) is 17.6 Å². The molecule has 0 saturated carbocycles. The molecule has 3 heterocycles. The lowest BCUT2D eigenvalue weighted by Gasteiger charge is -1.96. The first kappa shape index (κ1) is 13.1. The van der Waals surface area contributed by atoms with Gasteiger partial charge < -0.3 is 4.57 Å². The van der Waals surface area contributed by atoms with Crippen LogP contribution in [0.3, 0.4) is 0 Å². The van der Waals surface area contributed by atoms with E-state index < -0.39 is 0 Å². The Labute approximate surface area is 124 Å². The monoisotopic (exact) mass is 332 g/mol. The first-order valence-electron chi connectivity index (χ1n) is 6.29. The van der Waals surface area contributed by atoms with Crippen molar-refractivity contribution in [3.63, 3.8) is 0 Å². The summed E-state index contributed by atoms with van der Waals surface area (Å²) in [5.41, 5.74) is 2.05. The Kier molecular flexibility index (Phi) is 3.17. The molecule has 5 nitrogen and oxygen atoms in total. The van der Waals surface area contributed by atoms with E-state index in [-0.39, 0.29) is 5.78 Å². The van der Waals surface area contributed by atoms with E-state index in [2.05, 4.69) is 26.0 Å². The molecule has 0 aliphatic rings. The molecule has 20 heavy (non-hydrogen) atoms. The molecule has 3 rings (SSSR count). The summed E-state index contributed by atoms with van der Waals surface area (Å²) < 4.78 is 4.16. The molecule has 0 atom stereocenters. The van der Waals surface area contributed by atoms with Gasteiger partial charge in [-0.3, -0.25) is 9.48 Å². The number of aromatic nitrogens is 4. The minimum Gasteiger partial charge on any atom is -0.332 e. The van der Waals surface area contributed by atoms with Crippen molar-refractivity contribution in [2.75, 3.05) is 0 Å². The minimum atomic E-state index is -0.0461. The van der Waals surface area contributed by atoms with Gasteiger partial charge in [-0.15, -0.1) is 0 Å². The molecule has 0 bridgehead atoms. The maximum absolute atomic E-state index is 12.7. The van der Waals surface area contributed by atoms with Gasteiger partial charge in [0, 0.05) is 43.1 Å². The second-order valence-electron chi connectivity index (χ2n) is 4.54. The van der Waals surface area contributed by atoms with Gasteiger partial charge >= 0.3 is 0 Å². The van der Waals surface area contributed by atoms with Gasteiger partial charge in [-0.1, -0.05) is 0 Å². The maximum atomic E-state index is 12.7. The Hall–Kier alpha value is -1.95. The number of hydrogen-bond acceptors (Lipinski definition) is 3. The Balaban J connectivity index is 2.19. The highest BCUT2D eigenvalue weighted by Gasteiger charge is 2.20. The first-order valence-corrected chi connectivity index (χ1v) is 7.08. The lowest BCUT2D eigenvalue weighted by atomic mass is 10.1. The van der Waals surface area contributed by atoms with Crippen molar-refractivity contribution in [2.24, 2.45) is 7.05 Å². The predicted molar refractivity (Wildman–Crippen MR) is 79.7 cm³/mol. The minimum absolute atomic E-state index is 0.0461. The summed E-state index contributed by atoms with van der Waals surface area (Å²) in [6.07, 6.45) is 5.32. The fourth-order valence-electron chi connectivity index (χ4n) is 2.30. The molecular weight excluding hydrogens is 320 g/mol. The third kappa shape index (κ3) is 1.96. The van der Waals surface area contributed by atoms with Crippen LogP contribution < -0.4 is 0 Å². The number of ketones is 1. The summed E-state index contributed by atoms with van der Waals surface area (Å²) in [4.78, 5) is 17.1. The quantitative estimate of drug-likeness (QED) is 0.693. The van der Waals surface area contributed by atoms with E-state index in [1.165, 1.54) is 0 Å². The first-order chi connectivity index (χ1) is 9.61. The standard InChI is InChI=1S/C14H13BrN4O/c1-3-19-8-10(9-5-4-6-16-14(9)19)12(20)11-7-18(2)17-13(11)15/h4-8H,3H2,1-2H3. The Morgan fingerprint density at radius 3 is 2.80 bits per heavy atom. The van der Waals surface area contributed by atoms with Crippen LogP contribution in [0.2, 0.25) is 0 Å². The van der Waals surface area contributed by atoms with Crippen LogP contribution in [0.5, 0.6) is 0 Å². The van der Waals surface area contributed by atoms with Crippen LogP contribution in [-0.2, 0) is 13.6 Å². The van der Waals surface area contributed by atoms with Gasteiger partial charge in [0.15, 0.2) is 5.78 Å². The Bertz CT molecular complexity index is 803. The smallest absolute Gasteiger partial charge is 0.199 e. The highest BCUT2D eigenvalue weighted by molar-refractivity contribution is 9.10. The highest BCUT2D eigenvalue weighted by Crippen LogP contribution is 2.25. The highest BCUT2D eigenvalue weighted by atomic mass is 79.9. The summed E-state index contributed by atoms with van der Waals surface area (Å²) in [6, 6.07) is 3.77. The Morgan fingerprint density at radius 1 is 1.35 bits per heavy atom. The number of carbonyl (C=O) groups excluding carboxylic acids is 1. The fourth-order valence-corrected chi connectivity index (χ4v) is 2.84. The fraction of sp³-hybridized carbons (Fsp3) is 0.214. The van der Waals surface area contributed by atoms with E-state index in [4.69, 9.17) is 0 Å². The van der Waals surface area contributed by atoms with Gasteiger partial charge in [0.05, 0.1) is 5.56 Å². The molecule has 0 saturated heterocycles. The normalized spacial score (nSPS) is 11.2. The number of nitrogens with zero attached hydrogens (tertiary/aromatic N) is 4. The maximum Gasteiger partial charge on any atom is 0.199 e. The summed E-state index contributed by atoms with van der Waals surface area (Å²) >= 11 is 3.33. The number of fused-ring (bicyclic) bond motifs is 1. The van der Waals surface area contributed by atoms with E-state index in [1.54, 1.807) is 24.1 Å². The second-order valence-corrected chi connectivity index (χ2v) is 5.29. The summed E-state index contributed by atoms with van der Waals surface area (Å²) in [5, 5.41) is 5.03. The summed E-state index contributed by atoms with van der Waals surface area (Å²) in [5.74, 6) is -0.0461. The van der Waals surface area contributed by atoms with Gasteiger partial charge in [-0.25, -0.2) is 4.98 Å². The van der Waals surface area contributed by atoms with E-state index in [0.29, 0.717) is 15.7 Å². The Morgan fingerprint density at radius 2 is 2.15 bits per heavy atom. The largest absolute Gasteiger partial charge is 0.332 e. The molecule has 0 N–H and O–H groups in total.